The second-order valence-corrected chi connectivity index (χ2v) is 7.93. The van der Waals surface area contributed by atoms with E-state index in [1.165, 1.54) is 0 Å². The lowest BCUT2D eigenvalue weighted by Crippen LogP contribution is -2.31. The average molecular weight is 493 g/mol. The Bertz CT molecular complexity index is 1160. The van der Waals surface area contributed by atoms with Crippen LogP contribution in [0.25, 0.3) is 11.4 Å². The normalized spacial score (nSPS) is 10.7. The van der Waals surface area contributed by atoms with E-state index in [4.69, 9.17) is 9.26 Å². The molecule has 0 saturated heterocycles. The molecule has 32 heavy (non-hydrogen) atoms. The highest BCUT2D eigenvalue weighted by molar-refractivity contribution is 9.10. The highest BCUT2D eigenvalue weighted by Gasteiger charge is 2.19. The molecule has 0 aliphatic rings. The molecular weight excluding hydrogens is 472 g/mol. The second kappa shape index (κ2) is 10.2. The average Bonchev–Trinajstić information content (AvgIpc) is 3.31. The highest BCUT2D eigenvalue weighted by Crippen LogP contribution is 2.23. The Hall–Kier alpha value is -3.52. The van der Waals surface area contributed by atoms with Crippen LogP contribution in [-0.2, 0) is 17.8 Å². The Morgan fingerprint density at radius 2 is 1.84 bits per heavy atom. The van der Waals surface area contributed by atoms with Gasteiger partial charge in [0.25, 0.3) is 0 Å². The SMILES string of the molecule is COc1ccc(-c2noc(CCC(=O)N(Cc3ccccn3)c3ccc(Br)cc3)n2)cc1. The number of ether oxygens (including phenoxy) is 1. The van der Waals surface area contributed by atoms with Crippen molar-refractivity contribution in [1.29, 1.82) is 0 Å². The number of methoxy groups -OCH3 is 1. The Labute approximate surface area is 194 Å². The Kier molecular flexibility index (Phi) is 6.91. The topological polar surface area (TPSA) is 81.4 Å². The fraction of sp³-hybridized carbons (Fsp3) is 0.167. The molecule has 1 amide bonds. The van der Waals surface area contributed by atoms with Gasteiger partial charge in [0, 0.05) is 34.8 Å². The fourth-order valence-electron chi connectivity index (χ4n) is 3.16. The molecule has 2 aromatic heterocycles. The zero-order chi connectivity index (χ0) is 22.3. The summed E-state index contributed by atoms with van der Waals surface area (Å²) in [5, 5.41) is 4.03. The van der Waals surface area contributed by atoms with E-state index in [1.807, 2.05) is 66.7 Å². The molecule has 162 valence electrons. The minimum atomic E-state index is -0.0535. The molecule has 7 nitrogen and oxygen atoms in total. The van der Waals surface area contributed by atoms with Crippen LogP contribution in [0.5, 0.6) is 5.75 Å². The van der Waals surface area contributed by atoms with Gasteiger partial charge in [-0.1, -0.05) is 27.2 Å². The first-order valence-electron chi connectivity index (χ1n) is 10.1. The summed E-state index contributed by atoms with van der Waals surface area (Å²) in [4.78, 5) is 23.6. The zero-order valence-corrected chi connectivity index (χ0v) is 19.0. The van der Waals surface area contributed by atoms with Crippen LogP contribution >= 0.6 is 15.9 Å². The number of hydrogen-bond acceptors (Lipinski definition) is 6. The van der Waals surface area contributed by atoms with Crippen molar-refractivity contribution in [2.75, 3.05) is 12.0 Å². The molecule has 4 rings (SSSR count). The van der Waals surface area contributed by atoms with Crippen LogP contribution in [0.3, 0.4) is 0 Å². The number of benzene rings is 2. The maximum absolute atomic E-state index is 13.1. The first-order valence-corrected chi connectivity index (χ1v) is 10.8. The molecule has 0 unspecified atom stereocenters. The molecule has 0 atom stereocenters. The van der Waals surface area contributed by atoms with Gasteiger partial charge < -0.3 is 14.2 Å². The summed E-state index contributed by atoms with van der Waals surface area (Å²) in [7, 11) is 1.61. The van der Waals surface area contributed by atoms with E-state index in [9.17, 15) is 4.79 Å². The quantitative estimate of drug-likeness (QED) is 0.341. The number of pyridine rings is 1. The molecule has 2 aromatic carbocycles. The van der Waals surface area contributed by atoms with Crippen LogP contribution < -0.4 is 9.64 Å². The van der Waals surface area contributed by atoms with Crippen LogP contribution in [-0.4, -0.2) is 28.1 Å². The van der Waals surface area contributed by atoms with E-state index < -0.39 is 0 Å². The maximum Gasteiger partial charge on any atom is 0.227 e. The monoisotopic (exact) mass is 492 g/mol. The standard InChI is InChI=1S/C24H21BrN4O3/c1-31-21-11-5-17(6-12-21)24-27-22(32-28-24)13-14-23(30)29(16-19-4-2-3-15-26-19)20-9-7-18(25)8-10-20/h2-12,15H,13-14,16H2,1H3. The maximum atomic E-state index is 13.1. The second-order valence-electron chi connectivity index (χ2n) is 7.02. The third-order valence-electron chi connectivity index (χ3n) is 4.85. The van der Waals surface area contributed by atoms with Crippen LogP contribution in [0.4, 0.5) is 5.69 Å². The van der Waals surface area contributed by atoms with Gasteiger partial charge in [0.05, 0.1) is 19.3 Å². The molecule has 0 radical (unpaired) electrons. The number of nitrogens with zero attached hydrogens (tertiary/aromatic N) is 4. The van der Waals surface area contributed by atoms with Gasteiger partial charge in [-0.15, -0.1) is 0 Å². The van der Waals surface area contributed by atoms with E-state index in [1.54, 1.807) is 18.2 Å². The number of aromatic nitrogens is 3. The smallest absolute Gasteiger partial charge is 0.227 e. The summed E-state index contributed by atoms with van der Waals surface area (Å²) in [6.07, 6.45) is 2.29. The van der Waals surface area contributed by atoms with Crippen LogP contribution in [0.1, 0.15) is 18.0 Å². The molecule has 0 N–H and O–H groups in total. The van der Waals surface area contributed by atoms with E-state index in [0.29, 0.717) is 24.7 Å². The molecule has 0 bridgehead atoms. The van der Waals surface area contributed by atoms with Gasteiger partial charge in [-0.2, -0.15) is 4.98 Å². The summed E-state index contributed by atoms with van der Waals surface area (Å²) in [5.41, 5.74) is 2.43. The van der Waals surface area contributed by atoms with Crippen molar-refractivity contribution in [3.63, 3.8) is 0 Å². The molecule has 0 fully saturated rings. The van der Waals surface area contributed by atoms with Crippen LogP contribution in [0, 0.1) is 0 Å². The number of anilines is 1. The first-order chi connectivity index (χ1) is 15.6. The molecule has 4 aromatic rings. The molecular formula is C24H21BrN4O3. The molecule has 0 spiro atoms. The Balaban J connectivity index is 1.46. The van der Waals surface area contributed by atoms with Gasteiger partial charge >= 0.3 is 0 Å². The third-order valence-corrected chi connectivity index (χ3v) is 5.38. The minimum Gasteiger partial charge on any atom is -0.497 e. The number of carbonyl (C=O) groups excluding carboxylic acids is 1. The van der Waals surface area contributed by atoms with E-state index in [2.05, 4.69) is 31.1 Å². The number of hydrogen-bond donors (Lipinski definition) is 0. The lowest BCUT2D eigenvalue weighted by molar-refractivity contribution is -0.118. The lowest BCUT2D eigenvalue weighted by Gasteiger charge is -2.22. The summed E-state index contributed by atoms with van der Waals surface area (Å²) in [6, 6.07) is 20.7. The third kappa shape index (κ3) is 5.39. The van der Waals surface area contributed by atoms with Crippen LogP contribution in [0.2, 0.25) is 0 Å². The van der Waals surface area contributed by atoms with Crippen LogP contribution in [0.15, 0.2) is 81.9 Å². The van der Waals surface area contributed by atoms with Crippen molar-refractivity contribution >= 4 is 27.5 Å². The van der Waals surface area contributed by atoms with Gasteiger partial charge in [0.2, 0.25) is 17.6 Å². The minimum absolute atomic E-state index is 0.0535. The number of halogens is 1. The number of carbonyl (C=O) groups is 1. The number of aryl methyl sites for hydroxylation is 1. The number of amides is 1. The van der Waals surface area contributed by atoms with Crippen molar-refractivity contribution in [3.8, 4) is 17.1 Å². The zero-order valence-electron chi connectivity index (χ0n) is 17.4. The first kappa shape index (κ1) is 21.7. The van der Waals surface area contributed by atoms with Crippen molar-refractivity contribution in [2.24, 2.45) is 0 Å². The summed E-state index contributed by atoms with van der Waals surface area (Å²) in [6.45, 7) is 0.377. The van der Waals surface area contributed by atoms with Gasteiger partial charge in [-0.3, -0.25) is 9.78 Å². The largest absolute Gasteiger partial charge is 0.497 e. The lowest BCUT2D eigenvalue weighted by atomic mass is 10.2. The molecule has 2 heterocycles. The van der Waals surface area contributed by atoms with Gasteiger partial charge in [0.15, 0.2) is 0 Å². The van der Waals surface area contributed by atoms with E-state index in [0.717, 1.165) is 27.2 Å². The summed E-state index contributed by atoms with van der Waals surface area (Å²) >= 11 is 3.44. The molecule has 8 heteroatoms. The van der Waals surface area contributed by atoms with Gasteiger partial charge in [0.1, 0.15) is 5.75 Å². The van der Waals surface area contributed by atoms with Crippen molar-refractivity contribution in [3.05, 3.63) is 89.0 Å². The summed E-state index contributed by atoms with van der Waals surface area (Å²) < 4.78 is 11.5. The molecule has 0 aliphatic carbocycles. The molecule has 0 saturated carbocycles. The molecule has 0 aliphatic heterocycles. The van der Waals surface area contributed by atoms with E-state index >= 15 is 0 Å². The highest BCUT2D eigenvalue weighted by atomic mass is 79.9. The van der Waals surface area contributed by atoms with Gasteiger partial charge in [-0.05, 0) is 60.7 Å². The van der Waals surface area contributed by atoms with Crippen molar-refractivity contribution in [2.45, 2.75) is 19.4 Å². The Morgan fingerprint density at radius 3 is 2.53 bits per heavy atom. The number of rotatable bonds is 8. The van der Waals surface area contributed by atoms with Crippen molar-refractivity contribution in [1.82, 2.24) is 15.1 Å². The predicted molar refractivity (Wildman–Crippen MR) is 124 cm³/mol. The predicted octanol–water partition coefficient (Wildman–Crippen LogP) is 5.07. The van der Waals surface area contributed by atoms with E-state index in [-0.39, 0.29) is 12.3 Å². The fourth-order valence-corrected chi connectivity index (χ4v) is 3.43. The van der Waals surface area contributed by atoms with Gasteiger partial charge in [-0.25, -0.2) is 0 Å². The van der Waals surface area contributed by atoms with Crippen molar-refractivity contribution < 1.29 is 14.1 Å². The Morgan fingerprint density at radius 1 is 1.06 bits per heavy atom. The summed E-state index contributed by atoms with van der Waals surface area (Å²) in [5.74, 6) is 1.59.